The molecule has 3 heterocycles. The van der Waals surface area contributed by atoms with Crippen molar-refractivity contribution >= 4 is 6.03 Å². The molecule has 1 saturated carbocycles. The highest BCUT2D eigenvalue weighted by Crippen LogP contribution is 2.50. The Hall–Kier alpha value is -1.63. The Morgan fingerprint density at radius 2 is 2.21 bits per heavy atom. The third-order valence-electron chi connectivity index (χ3n) is 5.80. The van der Waals surface area contributed by atoms with Gasteiger partial charge >= 0.3 is 6.03 Å². The van der Waals surface area contributed by atoms with Gasteiger partial charge < -0.3 is 19.5 Å². The van der Waals surface area contributed by atoms with Gasteiger partial charge in [-0.3, -0.25) is 0 Å². The largest absolute Gasteiger partial charge is 0.381 e. The standard InChI is InChI=1S/C17H27N5O2/c1-2-7-18-16(23)21-10-14(17(11-21)5-8-24-9-6-17)15-20-19-12-22(15)13-3-4-13/h12-14H,2-11H2,1H3,(H,18,23). The summed E-state index contributed by atoms with van der Waals surface area (Å²) in [7, 11) is 0. The minimum Gasteiger partial charge on any atom is -0.381 e. The van der Waals surface area contributed by atoms with Gasteiger partial charge in [0.1, 0.15) is 12.2 Å². The summed E-state index contributed by atoms with van der Waals surface area (Å²) in [6.45, 7) is 5.89. The van der Waals surface area contributed by atoms with Gasteiger partial charge in [-0.1, -0.05) is 6.92 Å². The summed E-state index contributed by atoms with van der Waals surface area (Å²) >= 11 is 0. The van der Waals surface area contributed by atoms with Crippen LogP contribution in [0, 0.1) is 5.41 Å². The van der Waals surface area contributed by atoms with Crippen LogP contribution in [0.5, 0.6) is 0 Å². The van der Waals surface area contributed by atoms with Crippen molar-refractivity contribution in [3.8, 4) is 0 Å². The first kappa shape index (κ1) is 15.9. The van der Waals surface area contributed by atoms with E-state index in [-0.39, 0.29) is 17.4 Å². The lowest BCUT2D eigenvalue weighted by atomic mass is 9.71. The summed E-state index contributed by atoms with van der Waals surface area (Å²) < 4.78 is 7.87. The molecule has 3 fully saturated rings. The van der Waals surface area contributed by atoms with Crippen molar-refractivity contribution in [2.45, 2.75) is 51.0 Å². The summed E-state index contributed by atoms with van der Waals surface area (Å²) in [6.07, 6.45) is 7.25. The van der Waals surface area contributed by atoms with E-state index in [0.717, 1.165) is 57.9 Å². The van der Waals surface area contributed by atoms with Gasteiger partial charge in [0.2, 0.25) is 0 Å². The summed E-state index contributed by atoms with van der Waals surface area (Å²) in [4.78, 5) is 14.5. The molecule has 2 saturated heterocycles. The Morgan fingerprint density at radius 3 is 2.92 bits per heavy atom. The zero-order chi connectivity index (χ0) is 16.6. The van der Waals surface area contributed by atoms with Crippen LogP contribution in [-0.2, 0) is 4.74 Å². The molecule has 1 aliphatic carbocycles. The van der Waals surface area contributed by atoms with E-state index in [1.54, 1.807) is 0 Å². The Labute approximate surface area is 142 Å². The third kappa shape index (κ3) is 2.79. The number of nitrogens with one attached hydrogen (secondary N) is 1. The van der Waals surface area contributed by atoms with Crippen molar-refractivity contribution in [1.29, 1.82) is 0 Å². The van der Waals surface area contributed by atoms with Crippen molar-refractivity contribution < 1.29 is 9.53 Å². The van der Waals surface area contributed by atoms with Crippen molar-refractivity contribution in [2.75, 3.05) is 32.8 Å². The van der Waals surface area contributed by atoms with E-state index in [1.165, 1.54) is 12.8 Å². The van der Waals surface area contributed by atoms with E-state index in [9.17, 15) is 4.79 Å². The van der Waals surface area contributed by atoms with E-state index in [0.29, 0.717) is 6.04 Å². The number of aromatic nitrogens is 3. The molecule has 0 aromatic carbocycles. The summed E-state index contributed by atoms with van der Waals surface area (Å²) in [5.74, 6) is 1.34. The van der Waals surface area contributed by atoms with Crippen molar-refractivity contribution in [3.63, 3.8) is 0 Å². The normalized spacial score (nSPS) is 26.0. The fourth-order valence-corrected chi connectivity index (χ4v) is 4.24. The van der Waals surface area contributed by atoms with E-state index < -0.39 is 0 Å². The minimum atomic E-state index is 0.0581. The molecule has 0 radical (unpaired) electrons. The molecule has 0 bridgehead atoms. The molecule has 1 spiro atoms. The van der Waals surface area contributed by atoms with E-state index in [2.05, 4.69) is 27.0 Å². The molecular formula is C17H27N5O2. The Balaban J connectivity index is 1.59. The second-order valence-corrected chi connectivity index (χ2v) is 7.47. The summed E-state index contributed by atoms with van der Waals surface area (Å²) in [5, 5.41) is 11.7. The molecule has 4 rings (SSSR count). The number of hydrogen-bond donors (Lipinski definition) is 1. The zero-order valence-corrected chi connectivity index (χ0v) is 14.4. The van der Waals surface area contributed by atoms with Crippen LogP contribution < -0.4 is 5.32 Å². The minimum absolute atomic E-state index is 0.0581. The van der Waals surface area contributed by atoms with Gasteiger partial charge in [-0.25, -0.2) is 4.79 Å². The molecule has 1 unspecified atom stereocenters. The summed E-state index contributed by atoms with van der Waals surface area (Å²) in [5.41, 5.74) is 0.0848. The van der Waals surface area contributed by atoms with Crippen molar-refractivity contribution in [3.05, 3.63) is 12.2 Å². The van der Waals surface area contributed by atoms with Gasteiger partial charge in [0.05, 0.1) is 0 Å². The quantitative estimate of drug-likeness (QED) is 0.914. The number of urea groups is 1. The van der Waals surface area contributed by atoms with Crippen LogP contribution in [0.4, 0.5) is 4.79 Å². The van der Waals surface area contributed by atoms with Gasteiger partial charge in [-0.15, -0.1) is 10.2 Å². The lowest BCUT2D eigenvalue weighted by Gasteiger charge is -2.37. The van der Waals surface area contributed by atoms with Gasteiger partial charge in [0.25, 0.3) is 0 Å². The molecule has 2 aliphatic heterocycles. The third-order valence-corrected chi connectivity index (χ3v) is 5.80. The number of likely N-dealkylation sites (tertiary alicyclic amines) is 1. The van der Waals surface area contributed by atoms with Gasteiger partial charge in [0.15, 0.2) is 0 Å². The molecule has 24 heavy (non-hydrogen) atoms. The maximum Gasteiger partial charge on any atom is 0.317 e. The van der Waals surface area contributed by atoms with Crippen LogP contribution in [0.1, 0.15) is 56.8 Å². The maximum atomic E-state index is 12.5. The van der Waals surface area contributed by atoms with Crippen LogP contribution in [0.3, 0.4) is 0 Å². The molecule has 1 N–H and O–H groups in total. The number of hydrogen-bond acceptors (Lipinski definition) is 4. The Kier molecular flexibility index (Phi) is 4.20. The van der Waals surface area contributed by atoms with E-state index in [1.807, 2.05) is 11.2 Å². The predicted octanol–water partition coefficient (Wildman–Crippen LogP) is 1.93. The summed E-state index contributed by atoms with van der Waals surface area (Å²) in [6, 6.07) is 0.623. The average Bonchev–Trinajstić information content (AvgIpc) is 3.23. The SMILES string of the molecule is CCCNC(=O)N1CC(c2nncn2C2CC2)C2(CCOCC2)C1. The average molecular weight is 333 g/mol. The molecule has 132 valence electrons. The second-order valence-electron chi connectivity index (χ2n) is 7.47. The molecule has 7 nitrogen and oxygen atoms in total. The van der Waals surface area contributed by atoms with Crippen molar-refractivity contribution in [2.24, 2.45) is 5.41 Å². The lowest BCUT2D eigenvalue weighted by molar-refractivity contribution is 0.0119. The lowest BCUT2D eigenvalue weighted by Crippen LogP contribution is -2.41. The monoisotopic (exact) mass is 333 g/mol. The first-order chi connectivity index (χ1) is 11.7. The topological polar surface area (TPSA) is 72.3 Å². The molecule has 7 heteroatoms. The second kappa shape index (κ2) is 6.35. The van der Waals surface area contributed by atoms with Gasteiger partial charge in [-0.2, -0.15) is 0 Å². The highest BCUT2D eigenvalue weighted by molar-refractivity contribution is 5.74. The zero-order valence-electron chi connectivity index (χ0n) is 14.4. The maximum absolute atomic E-state index is 12.5. The number of rotatable bonds is 4. The van der Waals surface area contributed by atoms with Crippen LogP contribution >= 0.6 is 0 Å². The fourth-order valence-electron chi connectivity index (χ4n) is 4.24. The smallest absolute Gasteiger partial charge is 0.317 e. The molecule has 3 aliphatic rings. The highest BCUT2D eigenvalue weighted by Gasteiger charge is 2.51. The number of carbonyl (C=O) groups excluding carboxylic acids is 1. The van der Waals surface area contributed by atoms with Crippen LogP contribution in [0.2, 0.25) is 0 Å². The van der Waals surface area contributed by atoms with E-state index >= 15 is 0 Å². The molecule has 2 amide bonds. The number of ether oxygens (including phenoxy) is 1. The molecular weight excluding hydrogens is 306 g/mol. The van der Waals surface area contributed by atoms with Crippen LogP contribution in [0.25, 0.3) is 0 Å². The molecule has 1 aromatic rings. The van der Waals surface area contributed by atoms with Crippen LogP contribution in [0.15, 0.2) is 6.33 Å². The fraction of sp³-hybridized carbons (Fsp3) is 0.824. The predicted molar refractivity (Wildman–Crippen MR) is 88.8 cm³/mol. The van der Waals surface area contributed by atoms with Crippen molar-refractivity contribution in [1.82, 2.24) is 25.0 Å². The molecule has 1 aromatic heterocycles. The number of carbonyl (C=O) groups is 1. The Morgan fingerprint density at radius 1 is 1.42 bits per heavy atom. The first-order valence-corrected chi connectivity index (χ1v) is 9.23. The number of nitrogens with zero attached hydrogens (tertiary/aromatic N) is 4. The first-order valence-electron chi connectivity index (χ1n) is 9.23. The van der Waals surface area contributed by atoms with Gasteiger partial charge in [0, 0.05) is 50.2 Å². The van der Waals surface area contributed by atoms with E-state index in [4.69, 9.17) is 4.74 Å². The number of amides is 2. The molecule has 1 atom stereocenters. The Bertz CT molecular complexity index is 592. The highest BCUT2D eigenvalue weighted by atomic mass is 16.5. The van der Waals surface area contributed by atoms with Crippen LogP contribution in [-0.4, -0.2) is 58.5 Å². The van der Waals surface area contributed by atoms with Gasteiger partial charge in [-0.05, 0) is 32.1 Å².